The van der Waals surface area contributed by atoms with Crippen molar-refractivity contribution in [2.75, 3.05) is 23.3 Å². The lowest BCUT2D eigenvalue weighted by atomic mass is 9.95. The Morgan fingerprint density at radius 2 is 1.85 bits per heavy atom. The number of nitrogens with zero attached hydrogens (tertiary/aromatic N) is 4. The van der Waals surface area contributed by atoms with Gasteiger partial charge in [-0.15, -0.1) is 0 Å². The molecule has 144 valence electrons. The summed E-state index contributed by atoms with van der Waals surface area (Å²) in [5.74, 6) is 0.291. The Morgan fingerprint density at radius 3 is 2.48 bits per heavy atom. The van der Waals surface area contributed by atoms with Gasteiger partial charge in [-0.05, 0) is 57.2 Å². The highest BCUT2D eigenvalue weighted by Crippen LogP contribution is 2.35. The molecule has 7 nitrogen and oxygen atoms in total. The van der Waals surface area contributed by atoms with Crippen LogP contribution in [0.2, 0.25) is 0 Å². The van der Waals surface area contributed by atoms with Gasteiger partial charge in [0.05, 0.1) is 4.92 Å². The van der Waals surface area contributed by atoms with Gasteiger partial charge < -0.3 is 10.2 Å². The van der Waals surface area contributed by atoms with Crippen LogP contribution in [0.1, 0.15) is 38.7 Å². The maximum Gasteiger partial charge on any atom is 0.353 e. The lowest BCUT2D eigenvalue weighted by molar-refractivity contribution is -0.383. The minimum absolute atomic E-state index is 0.0911. The fourth-order valence-corrected chi connectivity index (χ4v) is 3.44. The third-order valence-electron chi connectivity index (χ3n) is 4.66. The van der Waals surface area contributed by atoms with E-state index in [0.717, 1.165) is 37.9 Å². The Labute approximate surface area is 157 Å². The molecular weight excluding hydrogens is 349 g/mol. The van der Waals surface area contributed by atoms with Crippen molar-refractivity contribution in [1.29, 1.82) is 0 Å². The first-order valence-corrected chi connectivity index (χ1v) is 9.13. The van der Waals surface area contributed by atoms with Gasteiger partial charge in [0.1, 0.15) is 12.1 Å². The molecule has 1 aliphatic heterocycles. The van der Waals surface area contributed by atoms with E-state index in [0.29, 0.717) is 12.2 Å². The number of piperidine rings is 1. The van der Waals surface area contributed by atoms with Crippen LogP contribution in [0.25, 0.3) is 0 Å². The average molecular weight is 373 g/mol. The zero-order chi connectivity index (χ0) is 19.4. The van der Waals surface area contributed by atoms with E-state index < -0.39 is 10.5 Å². The molecule has 1 aromatic heterocycles. The second-order valence-electron chi connectivity index (χ2n) is 7.51. The fraction of sp³-hybridized carbons (Fsp3) is 0.474. The molecular formula is C19H24FN5O2. The topological polar surface area (TPSA) is 84.2 Å². The largest absolute Gasteiger partial charge is 0.359 e. The molecule has 2 aromatic rings. The molecule has 0 amide bonds. The maximum absolute atomic E-state index is 13.1. The highest BCUT2D eigenvalue weighted by Gasteiger charge is 2.30. The Morgan fingerprint density at radius 1 is 1.19 bits per heavy atom. The van der Waals surface area contributed by atoms with Crippen molar-refractivity contribution >= 4 is 17.3 Å². The number of hydrogen-bond acceptors (Lipinski definition) is 6. The van der Waals surface area contributed by atoms with E-state index in [-0.39, 0.29) is 17.3 Å². The summed E-state index contributed by atoms with van der Waals surface area (Å²) in [5, 5.41) is 15.0. The molecule has 27 heavy (non-hydrogen) atoms. The summed E-state index contributed by atoms with van der Waals surface area (Å²) in [6.45, 7) is 5.39. The molecule has 0 unspecified atom stereocenters. The summed E-state index contributed by atoms with van der Waals surface area (Å²) in [5.41, 5.74) is 0.323. The standard InChI is InChI=1S/C19H24FN5O2/c1-19(2,12-14-6-8-15(20)9-7-14)23-17-16(25(26)27)18(22-13-21-17)24-10-4-3-5-11-24/h6-9,13H,3-5,10-12H2,1-2H3,(H,21,22,23). The Balaban J connectivity index is 1.86. The van der Waals surface area contributed by atoms with Crippen molar-refractivity contribution in [2.45, 2.75) is 45.1 Å². The number of rotatable bonds is 6. The normalized spacial score (nSPS) is 14.9. The van der Waals surface area contributed by atoms with Crippen LogP contribution < -0.4 is 10.2 Å². The molecule has 3 rings (SSSR count). The molecule has 1 saturated heterocycles. The van der Waals surface area contributed by atoms with Gasteiger partial charge in [0, 0.05) is 18.6 Å². The van der Waals surface area contributed by atoms with Gasteiger partial charge >= 0.3 is 5.69 Å². The molecule has 1 N–H and O–H groups in total. The molecule has 0 bridgehead atoms. The number of aromatic nitrogens is 2. The van der Waals surface area contributed by atoms with Crippen LogP contribution in [0.4, 0.5) is 21.7 Å². The van der Waals surface area contributed by atoms with Crippen LogP contribution in [0.3, 0.4) is 0 Å². The fourth-order valence-electron chi connectivity index (χ4n) is 3.44. The number of halogens is 1. The third kappa shape index (κ3) is 4.69. The first-order valence-electron chi connectivity index (χ1n) is 9.13. The van der Waals surface area contributed by atoms with Crippen LogP contribution >= 0.6 is 0 Å². The smallest absolute Gasteiger partial charge is 0.353 e. The van der Waals surface area contributed by atoms with Gasteiger partial charge in [-0.25, -0.2) is 14.4 Å². The van der Waals surface area contributed by atoms with Crippen molar-refractivity contribution in [3.05, 3.63) is 52.1 Å². The number of benzene rings is 1. The van der Waals surface area contributed by atoms with Gasteiger partial charge in [-0.3, -0.25) is 10.1 Å². The van der Waals surface area contributed by atoms with Crippen molar-refractivity contribution < 1.29 is 9.31 Å². The number of nitrogens with one attached hydrogen (secondary N) is 1. The zero-order valence-corrected chi connectivity index (χ0v) is 15.6. The highest BCUT2D eigenvalue weighted by molar-refractivity contribution is 5.71. The molecule has 0 atom stereocenters. The minimum atomic E-state index is -0.518. The van der Waals surface area contributed by atoms with Crippen LogP contribution in [-0.4, -0.2) is 33.5 Å². The van der Waals surface area contributed by atoms with E-state index >= 15 is 0 Å². The van der Waals surface area contributed by atoms with Crippen LogP contribution in [0.15, 0.2) is 30.6 Å². The number of hydrogen-bond donors (Lipinski definition) is 1. The van der Waals surface area contributed by atoms with E-state index in [1.807, 2.05) is 18.7 Å². The second-order valence-corrected chi connectivity index (χ2v) is 7.51. The zero-order valence-electron chi connectivity index (χ0n) is 15.6. The molecule has 0 aliphatic carbocycles. The average Bonchev–Trinajstić information content (AvgIpc) is 2.63. The van der Waals surface area contributed by atoms with E-state index in [9.17, 15) is 14.5 Å². The SMILES string of the molecule is CC(C)(Cc1ccc(F)cc1)Nc1ncnc(N2CCCCC2)c1[N+](=O)[O-]. The summed E-state index contributed by atoms with van der Waals surface area (Å²) in [7, 11) is 0. The lowest BCUT2D eigenvalue weighted by Gasteiger charge is -2.29. The molecule has 0 radical (unpaired) electrons. The number of anilines is 2. The summed E-state index contributed by atoms with van der Waals surface area (Å²) in [4.78, 5) is 21.7. The highest BCUT2D eigenvalue weighted by atomic mass is 19.1. The molecule has 1 aliphatic rings. The predicted molar refractivity (Wildman–Crippen MR) is 103 cm³/mol. The Bertz CT molecular complexity index is 804. The Hall–Kier alpha value is -2.77. The van der Waals surface area contributed by atoms with E-state index in [1.165, 1.54) is 18.5 Å². The van der Waals surface area contributed by atoms with Crippen molar-refractivity contribution in [2.24, 2.45) is 0 Å². The van der Waals surface area contributed by atoms with Crippen LogP contribution in [-0.2, 0) is 6.42 Å². The molecule has 0 saturated carbocycles. The monoisotopic (exact) mass is 373 g/mol. The number of nitro groups is 1. The molecule has 0 spiro atoms. The second kappa shape index (κ2) is 7.85. The van der Waals surface area contributed by atoms with Crippen molar-refractivity contribution in [3.8, 4) is 0 Å². The van der Waals surface area contributed by atoms with E-state index in [1.54, 1.807) is 12.1 Å². The summed E-state index contributed by atoms with van der Waals surface area (Å²) < 4.78 is 13.1. The Kier molecular flexibility index (Phi) is 5.53. The van der Waals surface area contributed by atoms with Gasteiger partial charge in [-0.1, -0.05) is 12.1 Å². The third-order valence-corrected chi connectivity index (χ3v) is 4.66. The summed E-state index contributed by atoms with van der Waals surface area (Å²) in [6, 6.07) is 6.25. The van der Waals surface area contributed by atoms with E-state index in [4.69, 9.17) is 0 Å². The molecule has 1 aromatic carbocycles. The molecule has 1 fully saturated rings. The quantitative estimate of drug-likeness (QED) is 0.610. The first kappa shape index (κ1) is 19.0. The van der Waals surface area contributed by atoms with E-state index in [2.05, 4.69) is 15.3 Å². The summed E-state index contributed by atoms with van der Waals surface area (Å²) >= 11 is 0. The van der Waals surface area contributed by atoms with Crippen molar-refractivity contribution in [3.63, 3.8) is 0 Å². The molecule has 8 heteroatoms. The summed E-state index contributed by atoms with van der Waals surface area (Å²) in [6.07, 6.45) is 5.06. The predicted octanol–water partition coefficient (Wildman–Crippen LogP) is 3.95. The van der Waals surface area contributed by atoms with Crippen LogP contribution in [0, 0.1) is 15.9 Å². The molecule has 2 heterocycles. The first-order chi connectivity index (χ1) is 12.9. The van der Waals surface area contributed by atoms with Gasteiger partial charge in [0.15, 0.2) is 0 Å². The maximum atomic E-state index is 13.1. The minimum Gasteiger partial charge on any atom is -0.359 e. The van der Waals surface area contributed by atoms with Gasteiger partial charge in [0.2, 0.25) is 11.6 Å². The van der Waals surface area contributed by atoms with Gasteiger partial charge in [0.25, 0.3) is 0 Å². The van der Waals surface area contributed by atoms with Gasteiger partial charge in [-0.2, -0.15) is 0 Å². The van der Waals surface area contributed by atoms with Crippen molar-refractivity contribution in [1.82, 2.24) is 9.97 Å². The van der Waals surface area contributed by atoms with Crippen LogP contribution in [0.5, 0.6) is 0 Å². The lowest BCUT2D eigenvalue weighted by Crippen LogP contribution is -2.35.